The van der Waals surface area contributed by atoms with Gasteiger partial charge in [0.15, 0.2) is 18.1 Å². The second kappa shape index (κ2) is 11.3. The average molecular weight is 398 g/mol. The summed E-state index contributed by atoms with van der Waals surface area (Å²) < 4.78 is 19.6. The van der Waals surface area contributed by atoms with Crippen LogP contribution in [0.15, 0.2) is 48.7 Å². The molecule has 0 radical (unpaired) electrons. The molecule has 0 aliphatic carbocycles. The van der Waals surface area contributed by atoms with Crippen molar-refractivity contribution in [3.63, 3.8) is 0 Å². The van der Waals surface area contributed by atoms with Crippen LogP contribution in [0.5, 0.6) is 11.5 Å². The zero-order valence-electron chi connectivity index (χ0n) is 15.1. The number of methoxy groups -OCH3 is 1. The molecule has 148 valence electrons. The Morgan fingerprint density at radius 1 is 1.11 bits per heavy atom. The molecule has 2 rings (SSSR count). The standard InChI is InChI=1S/C17H20N2O3.H3O4P/c1-19(12-10-14-7-5-6-11-18-14)17(20)13-22-16-9-4-3-8-15(16)21-2;1-5(2,3)4/h3-9,11H,10,12-13H2,1-2H3;(H3,1,2,3,4). The lowest BCUT2D eigenvalue weighted by Gasteiger charge is -2.17. The molecule has 0 fully saturated rings. The molecule has 0 spiro atoms. The van der Waals surface area contributed by atoms with Gasteiger partial charge < -0.3 is 29.1 Å². The van der Waals surface area contributed by atoms with Crippen LogP contribution in [0.1, 0.15) is 5.69 Å². The molecule has 0 bridgehead atoms. The second-order valence-electron chi connectivity index (χ2n) is 5.34. The largest absolute Gasteiger partial charge is 0.493 e. The lowest BCUT2D eigenvalue weighted by molar-refractivity contribution is -0.132. The zero-order chi connectivity index (χ0) is 20.3. The fourth-order valence-electron chi connectivity index (χ4n) is 1.94. The quantitative estimate of drug-likeness (QED) is 0.594. The van der Waals surface area contributed by atoms with Gasteiger partial charge in [-0.05, 0) is 24.3 Å². The van der Waals surface area contributed by atoms with E-state index >= 15 is 0 Å². The topological polar surface area (TPSA) is 129 Å². The van der Waals surface area contributed by atoms with Crippen LogP contribution in [0.25, 0.3) is 0 Å². The first-order valence-electron chi connectivity index (χ1n) is 7.88. The molecule has 0 unspecified atom stereocenters. The van der Waals surface area contributed by atoms with Crippen LogP contribution in [0.2, 0.25) is 0 Å². The fraction of sp³-hybridized carbons (Fsp3) is 0.294. The monoisotopic (exact) mass is 398 g/mol. The number of ether oxygens (including phenoxy) is 2. The van der Waals surface area contributed by atoms with Gasteiger partial charge in [-0.2, -0.15) is 0 Å². The van der Waals surface area contributed by atoms with E-state index in [-0.39, 0.29) is 12.5 Å². The van der Waals surface area contributed by atoms with Gasteiger partial charge in [0.25, 0.3) is 5.91 Å². The molecular formula is C17H23N2O7P. The highest BCUT2D eigenvalue weighted by Gasteiger charge is 2.11. The van der Waals surface area contributed by atoms with Crippen molar-refractivity contribution in [2.75, 3.05) is 27.3 Å². The summed E-state index contributed by atoms with van der Waals surface area (Å²) in [6.45, 7) is 0.588. The van der Waals surface area contributed by atoms with Gasteiger partial charge in [0.05, 0.1) is 7.11 Å². The molecule has 1 amide bonds. The molecule has 0 aliphatic heterocycles. The Balaban J connectivity index is 0.000000646. The van der Waals surface area contributed by atoms with E-state index in [2.05, 4.69) is 4.98 Å². The number of pyridine rings is 1. The molecule has 0 saturated carbocycles. The Morgan fingerprint density at radius 3 is 2.26 bits per heavy atom. The van der Waals surface area contributed by atoms with E-state index in [1.165, 1.54) is 0 Å². The number of rotatable bonds is 7. The van der Waals surface area contributed by atoms with Crippen LogP contribution in [0.3, 0.4) is 0 Å². The molecule has 9 nitrogen and oxygen atoms in total. The van der Waals surface area contributed by atoms with Crippen LogP contribution in [-0.4, -0.2) is 57.8 Å². The SMILES string of the molecule is COc1ccccc1OCC(=O)N(C)CCc1ccccn1.O=P(O)(O)O. The number of para-hydroxylation sites is 2. The van der Waals surface area contributed by atoms with Gasteiger partial charge in [-0.15, -0.1) is 0 Å². The number of hydrogen-bond acceptors (Lipinski definition) is 5. The van der Waals surface area contributed by atoms with Crippen LogP contribution in [0.4, 0.5) is 0 Å². The highest BCUT2D eigenvalue weighted by molar-refractivity contribution is 7.45. The van der Waals surface area contributed by atoms with Gasteiger partial charge in [0.1, 0.15) is 0 Å². The molecular weight excluding hydrogens is 375 g/mol. The van der Waals surface area contributed by atoms with E-state index in [4.69, 9.17) is 28.7 Å². The third kappa shape index (κ3) is 10.3. The van der Waals surface area contributed by atoms with Crippen molar-refractivity contribution in [1.29, 1.82) is 0 Å². The summed E-state index contributed by atoms with van der Waals surface area (Å²) in [4.78, 5) is 39.5. The van der Waals surface area contributed by atoms with Gasteiger partial charge in [-0.3, -0.25) is 9.78 Å². The Morgan fingerprint density at radius 2 is 1.70 bits per heavy atom. The number of hydrogen-bond donors (Lipinski definition) is 3. The minimum Gasteiger partial charge on any atom is -0.493 e. The summed E-state index contributed by atoms with van der Waals surface area (Å²) in [6, 6.07) is 13.0. The predicted octanol–water partition coefficient (Wildman–Crippen LogP) is 1.24. The highest BCUT2D eigenvalue weighted by Crippen LogP contribution is 2.26. The van der Waals surface area contributed by atoms with Crippen molar-refractivity contribution in [1.82, 2.24) is 9.88 Å². The van der Waals surface area contributed by atoms with E-state index in [0.29, 0.717) is 18.0 Å². The van der Waals surface area contributed by atoms with Crippen LogP contribution in [-0.2, 0) is 15.8 Å². The summed E-state index contributed by atoms with van der Waals surface area (Å²) in [6.07, 6.45) is 2.47. The maximum atomic E-state index is 12.1. The summed E-state index contributed by atoms with van der Waals surface area (Å²) in [7, 11) is -1.31. The van der Waals surface area contributed by atoms with Crippen molar-refractivity contribution < 1.29 is 33.5 Å². The lowest BCUT2D eigenvalue weighted by Crippen LogP contribution is -2.33. The van der Waals surface area contributed by atoms with Gasteiger partial charge in [-0.1, -0.05) is 18.2 Å². The van der Waals surface area contributed by atoms with Crippen molar-refractivity contribution in [2.24, 2.45) is 0 Å². The van der Waals surface area contributed by atoms with E-state index in [0.717, 1.165) is 12.1 Å². The first-order chi connectivity index (χ1) is 12.7. The molecule has 1 aromatic heterocycles. The van der Waals surface area contributed by atoms with E-state index in [1.54, 1.807) is 37.4 Å². The minimum atomic E-state index is -4.64. The smallest absolute Gasteiger partial charge is 0.466 e. The normalized spacial score (nSPS) is 10.4. The number of carbonyl (C=O) groups excluding carboxylic acids is 1. The Hall–Kier alpha value is -2.45. The number of benzene rings is 1. The van der Waals surface area contributed by atoms with E-state index < -0.39 is 7.82 Å². The van der Waals surface area contributed by atoms with Crippen molar-refractivity contribution in [3.05, 3.63) is 54.4 Å². The molecule has 0 aliphatic rings. The van der Waals surface area contributed by atoms with Crippen molar-refractivity contribution in [2.45, 2.75) is 6.42 Å². The molecule has 1 aromatic carbocycles. The Labute approximate surface area is 157 Å². The molecule has 1 heterocycles. The third-order valence-corrected chi connectivity index (χ3v) is 3.28. The van der Waals surface area contributed by atoms with Gasteiger partial charge >= 0.3 is 7.82 Å². The molecule has 0 saturated heterocycles. The maximum absolute atomic E-state index is 12.1. The van der Waals surface area contributed by atoms with Crippen LogP contribution < -0.4 is 9.47 Å². The van der Waals surface area contributed by atoms with Crippen molar-refractivity contribution >= 4 is 13.7 Å². The Kier molecular flexibility index (Phi) is 9.46. The number of likely N-dealkylation sites (N-methyl/N-ethyl adjacent to an activating group) is 1. The van der Waals surface area contributed by atoms with Crippen LogP contribution >= 0.6 is 7.82 Å². The summed E-state index contributed by atoms with van der Waals surface area (Å²) in [5.74, 6) is 1.10. The van der Waals surface area contributed by atoms with Gasteiger partial charge in [0.2, 0.25) is 0 Å². The van der Waals surface area contributed by atoms with Gasteiger partial charge in [0, 0.05) is 31.9 Å². The molecule has 27 heavy (non-hydrogen) atoms. The Bertz CT molecular complexity index is 744. The molecule has 3 N–H and O–H groups in total. The minimum absolute atomic E-state index is 0.0148. The summed E-state index contributed by atoms with van der Waals surface area (Å²) >= 11 is 0. The van der Waals surface area contributed by atoms with Gasteiger partial charge in [-0.25, -0.2) is 4.57 Å². The third-order valence-electron chi connectivity index (χ3n) is 3.28. The number of phosphoric acid groups is 1. The fourth-order valence-corrected chi connectivity index (χ4v) is 1.94. The van der Waals surface area contributed by atoms with Crippen LogP contribution in [0, 0.1) is 0 Å². The first-order valence-corrected chi connectivity index (χ1v) is 9.45. The van der Waals surface area contributed by atoms with E-state index in [1.807, 2.05) is 30.3 Å². The second-order valence-corrected chi connectivity index (χ2v) is 6.37. The number of amides is 1. The molecule has 0 atom stereocenters. The molecule has 2 aromatic rings. The first kappa shape index (κ1) is 22.6. The predicted molar refractivity (Wildman–Crippen MR) is 98.3 cm³/mol. The maximum Gasteiger partial charge on any atom is 0.466 e. The average Bonchev–Trinajstić information content (AvgIpc) is 2.63. The zero-order valence-corrected chi connectivity index (χ0v) is 16.0. The lowest BCUT2D eigenvalue weighted by atomic mass is 10.2. The van der Waals surface area contributed by atoms with Crippen molar-refractivity contribution in [3.8, 4) is 11.5 Å². The highest BCUT2D eigenvalue weighted by atomic mass is 31.2. The van der Waals surface area contributed by atoms with E-state index in [9.17, 15) is 4.79 Å². The number of aromatic nitrogens is 1. The summed E-state index contributed by atoms with van der Waals surface area (Å²) in [5.41, 5.74) is 0.966. The number of carbonyl (C=O) groups is 1. The number of nitrogens with zero attached hydrogens (tertiary/aromatic N) is 2. The summed E-state index contributed by atoms with van der Waals surface area (Å²) in [5, 5.41) is 0. The molecule has 10 heteroatoms.